The summed E-state index contributed by atoms with van der Waals surface area (Å²) in [5.74, 6) is 0.604. The van der Waals surface area contributed by atoms with E-state index in [-0.39, 0.29) is 0 Å². The van der Waals surface area contributed by atoms with Gasteiger partial charge in [-0.05, 0) is 22.3 Å². The molecule has 1 heteroatoms. The summed E-state index contributed by atoms with van der Waals surface area (Å²) in [6.45, 7) is 13.8. The van der Waals surface area contributed by atoms with Crippen LogP contribution in [0.5, 0.6) is 0 Å². The zero-order chi connectivity index (χ0) is 16.7. The Balaban J connectivity index is 1.80. The van der Waals surface area contributed by atoms with Gasteiger partial charge in [-0.15, -0.1) is 0 Å². The van der Waals surface area contributed by atoms with Crippen molar-refractivity contribution in [3.8, 4) is 0 Å². The second kappa shape index (κ2) is 8.50. The molecule has 2 rings (SSSR count). The van der Waals surface area contributed by atoms with Gasteiger partial charge in [0.1, 0.15) is 0 Å². The molecule has 120 valence electrons. The summed E-state index contributed by atoms with van der Waals surface area (Å²) in [6, 6.07) is 20.8. The molecular weight excluding hydrogens is 280 g/mol. The third-order valence-electron chi connectivity index (χ3n) is 4.40. The van der Waals surface area contributed by atoms with Gasteiger partial charge in [0.15, 0.2) is 0 Å². The fourth-order valence-electron chi connectivity index (χ4n) is 2.52. The smallest absolute Gasteiger partial charge is 0.0684 e. The van der Waals surface area contributed by atoms with Gasteiger partial charge in [-0.3, -0.25) is 0 Å². The lowest BCUT2D eigenvalue weighted by Crippen LogP contribution is -2.09. The van der Waals surface area contributed by atoms with Crippen LogP contribution in [0.2, 0.25) is 0 Å². The van der Waals surface area contributed by atoms with Gasteiger partial charge < -0.3 is 4.74 Å². The second-order valence-corrected chi connectivity index (χ2v) is 6.07. The fraction of sp³-hybridized carbons (Fsp3) is 0.273. The Morgan fingerprint density at radius 1 is 0.739 bits per heavy atom. The van der Waals surface area contributed by atoms with Crippen molar-refractivity contribution in [3.63, 3.8) is 0 Å². The van der Waals surface area contributed by atoms with E-state index in [0.717, 1.165) is 11.1 Å². The minimum absolute atomic E-state index is 0.302. The molecule has 0 radical (unpaired) electrons. The van der Waals surface area contributed by atoms with Crippen molar-refractivity contribution in [1.82, 2.24) is 0 Å². The van der Waals surface area contributed by atoms with E-state index in [0.29, 0.717) is 25.0 Å². The maximum absolute atomic E-state index is 5.84. The highest BCUT2D eigenvalue weighted by atomic mass is 16.5. The predicted octanol–water partition coefficient (Wildman–Crippen LogP) is 5.72. The molecule has 2 unspecified atom stereocenters. The average Bonchev–Trinajstić information content (AvgIpc) is 2.61. The van der Waals surface area contributed by atoms with Crippen molar-refractivity contribution in [3.05, 3.63) is 96.1 Å². The molecule has 0 N–H and O–H groups in total. The van der Waals surface area contributed by atoms with E-state index in [9.17, 15) is 0 Å². The lowest BCUT2D eigenvalue weighted by Gasteiger charge is -2.18. The molecule has 0 aromatic heterocycles. The Bertz CT molecular complexity index is 570. The zero-order valence-electron chi connectivity index (χ0n) is 14.2. The van der Waals surface area contributed by atoms with Crippen molar-refractivity contribution < 1.29 is 4.74 Å². The third kappa shape index (κ3) is 4.94. The van der Waals surface area contributed by atoms with Gasteiger partial charge in [0.25, 0.3) is 0 Å². The molecule has 2 aromatic rings. The summed E-state index contributed by atoms with van der Waals surface area (Å²) in [5, 5.41) is 0. The maximum atomic E-state index is 5.84. The molecule has 0 aliphatic rings. The van der Waals surface area contributed by atoms with Gasteiger partial charge in [0.2, 0.25) is 0 Å². The van der Waals surface area contributed by atoms with Crippen molar-refractivity contribution in [2.45, 2.75) is 25.7 Å². The Morgan fingerprint density at radius 2 is 1.09 bits per heavy atom. The van der Waals surface area contributed by atoms with E-state index in [1.54, 1.807) is 0 Å². The lowest BCUT2D eigenvalue weighted by atomic mass is 9.94. The molecule has 0 aliphatic heterocycles. The Morgan fingerprint density at radius 3 is 1.43 bits per heavy atom. The van der Waals surface area contributed by atoms with Crippen LogP contribution in [0.1, 0.15) is 36.8 Å². The average molecular weight is 306 g/mol. The predicted molar refractivity (Wildman–Crippen MR) is 98.8 cm³/mol. The first kappa shape index (κ1) is 17.2. The highest BCUT2D eigenvalue weighted by Gasteiger charge is 2.12. The van der Waals surface area contributed by atoms with Gasteiger partial charge >= 0.3 is 0 Å². The van der Waals surface area contributed by atoms with Gasteiger partial charge in [0, 0.05) is 11.8 Å². The van der Waals surface area contributed by atoms with Crippen LogP contribution in [0.15, 0.2) is 85.0 Å². The number of rotatable bonds is 8. The normalized spacial score (nSPS) is 13.3. The van der Waals surface area contributed by atoms with Crippen LogP contribution in [0.3, 0.4) is 0 Å². The van der Waals surface area contributed by atoms with E-state index in [1.807, 2.05) is 12.1 Å². The topological polar surface area (TPSA) is 9.23 Å². The van der Waals surface area contributed by atoms with Gasteiger partial charge in [-0.1, -0.05) is 87.7 Å². The van der Waals surface area contributed by atoms with Gasteiger partial charge in [-0.2, -0.15) is 0 Å². The molecular formula is C22H26O. The van der Waals surface area contributed by atoms with Crippen molar-refractivity contribution in [1.29, 1.82) is 0 Å². The van der Waals surface area contributed by atoms with Crippen LogP contribution in [-0.2, 0) is 4.74 Å². The summed E-state index contributed by atoms with van der Waals surface area (Å²) >= 11 is 0. The Hall–Kier alpha value is -2.12. The quantitative estimate of drug-likeness (QED) is 0.566. The highest BCUT2D eigenvalue weighted by molar-refractivity contribution is 5.28. The summed E-state index contributed by atoms with van der Waals surface area (Å²) in [5.41, 5.74) is 4.74. The number of hydrogen-bond donors (Lipinski definition) is 0. The summed E-state index contributed by atoms with van der Waals surface area (Å²) in [4.78, 5) is 0. The first-order valence-corrected chi connectivity index (χ1v) is 8.12. The zero-order valence-corrected chi connectivity index (χ0v) is 14.2. The molecule has 0 saturated heterocycles. The van der Waals surface area contributed by atoms with Crippen LogP contribution in [0.4, 0.5) is 0 Å². The monoisotopic (exact) mass is 306 g/mol. The molecule has 23 heavy (non-hydrogen) atoms. The molecule has 0 saturated carbocycles. The first-order chi connectivity index (χ1) is 11.1. The molecule has 2 atom stereocenters. The Kier molecular flexibility index (Phi) is 6.37. The lowest BCUT2D eigenvalue weighted by molar-refractivity contribution is 0.173. The fourth-order valence-corrected chi connectivity index (χ4v) is 2.52. The van der Waals surface area contributed by atoms with Gasteiger partial charge in [-0.25, -0.2) is 0 Å². The highest BCUT2D eigenvalue weighted by Crippen LogP contribution is 2.24. The van der Waals surface area contributed by atoms with Crippen LogP contribution in [0.25, 0.3) is 0 Å². The maximum Gasteiger partial charge on any atom is 0.0684 e. The summed E-state index contributed by atoms with van der Waals surface area (Å²) in [6.07, 6.45) is 0. The Labute approximate surface area is 140 Å². The second-order valence-electron chi connectivity index (χ2n) is 6.07. The van der Waals surface area contributed by atoms with Crippen LogP contribution < -0.4 is 0 Å². The van der Waals surface area contributed by atoms with E-state index in [1.165, 1.54) is 11.1 Å². The van der Waals surface area contributed by atoms with Gasteiger partial charge in [0.05, 0.1) is 13.2 Å². The van der Waals surface area contributed by atoms with Crippen molar-refractivity contribution in [2.24, 2.45) is 0 Å². The number of ether oxygens (including phenoxy) is 1. The molecule has 0 heterocycles. The molecule has 0 fully saturated rings. The minimum atomic E-state index is 0.302. The van der Waals surface area contributed by atoms with Crippen LogP contribution in [-0.4, -0.2) is 13.2 Å². The minimum Gasteiger partial charge on any atom is -0.373 e. The SMILES string of the molecule is C=C(COCC(=C)C(C)c1ccccc1)C(C)c1ccccc1. The molecule has 0 bridgehead atoms. The summed E-state index contributed by atoms with van der Waals surface area (Å²) < 4.78 is 5.84. The van der Waals surface area contributed by atoms with Crippen LogP contribution >= 0.6 is 0 Å². The van der Waals surface area contributed by atoms with E-state index >= 15 is 0 Å². The van der Waals surface area contributed by atoms with E-state index in [4.69, 9.17) is 4.74 Å². The first-order valence-electron chi connectivity index (χ1n) is 8.12. The molecule has 0 amide bonds. The number of hydrogen-bond acceptors (Lipinski definition) is 1. The van der Waals surface area contributed by atoms with E-state index < -0.39 is 0 Å². The van der Waals surface area contributed by atoms with Crippen molar-refractivity contribution >= 4 is 0 Å². The standard InChI is InChI=1S/C22H26O/c1-17(19(3)21-11-7-5-8-12-21)15-23-16-18(2)20(4)22-13-9-6-10-14-22/h5-14,19-20H,1-2,15-16H2,3-4H3. The van der Waals surface area contributed by atoms with Crippen LogP contribution in [0, 0.1) is 0 Å². The molecule has 2 aromatic carbocycles. The summed E-state index contributed by atoms with van der Waals surface area (Å²) in [7, 11) is 0. The molecule has 0 spiro atoms. The van der Waals surface area contributed by atoms with Crippen molar-refractivity contribution in [2.75, 3.05) is 13.2 Å². The third-order valence-corrected chi connectivity index (χ3v) is 4.40. The largest absolute Gasteiger partial charge is 0.373 e. The number of benzene rings is 2. The van der Waals surface area contributed by atoms with E-state index in [2.05, 4.69) is 75.5 Å². The molecule has 1 nitrogen and oxygen atoms in total. The molecule has 0 aliphatic carbocycles.